The summed E-state index contributed by atoms with van der Waals surface area (Å²) in [5.41, 5.74) is 0.640. The molecule has 1 aromatic carbocycles. The summed E-state index contributed by atoms with van der Waals surface area (Å²) in [5.74, 6) is 2.41. The first-order valence-corrected chi connectivity index (χ1v) is 4.60. The smallest absolute Gasteiger partial charge is 0.252 e. The lowest BCUT2D eigenvalue weighted by Gasteiger charge is -2.10. The first kappa shape index (κ1) is 10.3. The maximum atomic E-state index is 11.6. The van der Waals surface area contributed by atoms with E-state index in [2.05, 4.69) is 11.2 Å². The maximum absolute atomic E-state index is 11.6. The van der Waals surface area contributed by atoms with Gasteiger partial charge in [0.1, 0.15) is 0 Å². The summed E-state index contributed by atoms with van der Waals surface area (Å²) in [5, 5.41) is 2.76. The molecule has 0 aliphatic rings. The molecule has 0 aromatic heterocycles. The summed E-state index contributed by atoms with van der Waals surface area (Å²) in [6.07, 6.45) is 5.99. The van der Waals surface area contributed by atoms with E-state index in [0.29, 0.717) is 5.56 Å². The average Bonchev–Trinajstić information content (AvgIpc) is 2.26. The van der Waals surface area contributed by atoms with Crippen LogP contribution in [0.25, 0.3) is 0 Å². The van der Waals surface area contributed by atoms with E-state index in [-0.39, 0.29) is 11.9 Å². The number of hydrogen-bond donors (Lipinski definition) is 1. The van der Waals surface area contributed by atoms with Crippen molar-refractivity contribution in [3.63, 3.8) is 0 Å². The molecule has 0 aliphatic carbocycles. The predicted octanol–water partition coefficient (Wildman–Crippen LogP) is 1.83. The number of benzene rings is 1. The molecule has 2 heteroatoms. The number of terminal acetylenes is 1. The number of carbonyl (C=O) groups excluding carboxylic acids is 1. The van der Waals surface area contributed by atoms with Crippen LogP contribution >= 0.6 is 0 Å². The van der Waals surface area contributed by atoms with Gasteiger partial charge in [-0.3, -0.25) is 4.79 Å². The molecule has 1 rings (SSSR count). The molecule has 14 heavy (non-hydrogen) atoms. The van der Waals surface area contributed by atoms with Crippen molar-refractivity contribution < 1.29 is 4.79 Å². The molecule has 1 atom stereocenters. The van der Waals surface area contributed by atoms with Gasteiger partial charge in [-0.2, -0.15) is 0 Å². The van der Waals surface area contributed by atoms with Gasteiger partial charge in [-0.15, -0.1) is 6.42 Å². The van der Waals surface area contributed by atoms with Crippen LogP contribution in [0.1, 0.15) is 23.7 Å². The van der Waals surface area contributed by atoms with Gasteiger partial charge < -0.3 is 5.32 Å². The summed E-state index contributed by atoms with van der Waals surface area (Å²) < 4.78 is 0. The summed E-state index contributed by atoms with van der Waals surface area (Å²) in [4.78, 5) is 11.6. The molecule has 1 aromatic rings. The molecular formula is C12H13NO. The van der Waals surface area contributed by atoms with Gasteiger partial charge in [-0.05, 0) is 18.6 Å². The third-order valence-corrected chi connectivity index (χ3v) is 1.95. The van der Waals surface area contributed by atoms with Crippen molar-refractivity contribution in [1.82, 2.24) is 5.32 Å². The zero-order valence-electron chi connectivity index (χ0n) is 8.16. The van der Waals surface area contributed by atoms with Crippen LogP contribution in [-0.2, 0) is 0 Å². The second-order valence-electron chi connectivity index (χ2n) is 2.97. The van der Waals surface area contributed by atoms with E-state index in [9.17, 15) is 4.79 Å². The van der Waals surface area contributed by atoms with Crippen molar-refractivity contribution in [3.05, 3.63) is 35.9 Å². The van der Waals surface area contributed by atoms with E-state index in [1.54, 1.807) is 12.1 Å². The molecule has 0 spiro atoms. The van der Waals surface area contributed by atoms with Crippen LogP contribution < -0.4 is 5.32 Å². The molecule has 0 fully saturated rings. The summed E-state index contributed by atoms with van der Waals surface area (Å²) in [6, 6.07) is 8.87. The Bertz CT molecular complexity index is 337. The number of carbonyl (C=O) groups is 1. The molecular weight excluding hydrogens is 174 g/mol. The fourth-order valence-electron chi connectivity index (χ4n) is 1.09. The fraction of sp³-hybridized carbons (Fsp3) is 0.250. The van der Waals surface area contributed by atoms with E-state index < -0.39 is 0 Å². The van der Waals surface area contributed by atoms with E-state index >= 15 is 0 Å². The second kappa shape index (κ2) is 5.08. The van der Waals surface area contributed by atoms with Crippen LogP contribution in [0, 0.1) is 12.3 Å². The van der Waals surface area contributed by atoms with Gasteiger partial charge in [-0.1, -0.05) is 31.0 Å². The number of amides is 1. The third kappa shape index (κ3) is 2.63. The summed E-state index contributed by atoms with van der Waals surface area (Å²) >= 11 is 0. The molecule has 1 N–H and O–H groups in total. The number of hydrogen-bond acceptors (Lipinski definition) is 1. The topological polar surface area (TPSA) is 29.1 Å². The monoisotopic (exact) mass is 187 g/mol. The Balaban J connectivity index is 2.64. The predicted molar refractivity (Wildman–Crippen MR) is 56.8 cm³/mol. The van der Waals surface area contributed by atoms with Crippen LogP contribution in [-0.4, -0.2) is 11.9 Å². The van der Waals surface area contributed by atoms with Gasteiger partial charge in [0.05, 0.1) is 6.04 Å². The van der Waals surface area contributed by atoms with E-state index in [1.807, 2.05) is 25.1 Å². The van der Waals surface area contributed by atoms with E-state index in [4.69, 9.17) is 6.42 Å². The van der Waals surface area contributed by atoms with Crippen molar-refractivity contribution >= 4 is 5.91 Å². The van der Waals surface area contributed by atoms with Crippen LogP contribution in [0.5, 0.6) is 0 Å². The summed E-state index contributed by atoms with van der Waals surface area (Å²) in [7, 11) is 0. The minimum atomic E-state index is -0.178. The number of nitrogens with one attached hydrogen (secondary N) is 1. The van der Waals surface area contributed by atoms with Gasteiger partial charge in [0, 0.05) is 5.56 Å². The molecule has 1 amide bonds. The van der Waals surface area contributed by atoms with Crippen LogP contribution in [0.15, 0.2) is 30.3 Å². The molecule has 72 valence electrons. The third-order valence-electron chi connectivity index (χ3n) is 1.95. The molecule has 2 nitrogen and oxygen atoms in total. The Labute approximate surface area is 84.3 Å². The highest BCUT2D eigenvalue weighted by Gasteiger charge is 2.08. The second-order valence-corrected chi connectivity index (χ2v) is 2.97. The Morgan fingerprint density at radius 3 is 2.64 bits per heavy atom. The molecule has 0 radical (unpaired) electrons. The Morgan fingerprint density at radius 2 is 2.14 bits per heavy atom. The Kier molecular flexibility index (Phi) is 3.75. The fourth-order valence-corrected chi connectivity index (χ4v) is 1.09. The van der Waals surface area contributed by atoms with Gasteiger partial charge in [0.2, 0.25) is 0 Å². The van der Waals surface area contributed by atoms with Crippen molar-refractivity contribution in [2.75, 3.05) is 0 Å². The van der Waals surface area contributed by atoms with E-state index in [1.165, 1.54) is 0 Å². The lowest BCUT2D eigenvalue weighted by Crippen LogP contribution is -2.33. The van der Waals surface area contributed by atoms with Crippen molar-refractivity contribution in [1.29, 1.82) is 0 Å². The standard InChI is InChI=1S/C12H13NO/c1-3-11(4-2)13-12(14)10-8-6-5-7-9-10/h1,5-9,11H,4H2,2H3,(H,13,14). The lowest BCUT2D eigenvalue weighted by molar-refractivity contribution is 0.0945. The van der Waals surface area contributed by atoms with Gasteiger partial charge >= 0.3 is 0 Å². The SMILES string of the molecule is C#CC(CC)NC(=O)c1ccccc1. The van der Waals surface area contributed by atoms with Crippen molar-refractivity contribution in [3.8, 4) is 12.3 Å². The molecule has 0 bridgehead atoms. The van der Waals surface area contributed by atoms with Crippen LogP contribution in [0.3, 0.4) is 0 Å². The largest absolute Gasteiger partial charge is 0.338 e. The molecule has 0 saturated carbocycles. The first-order chi connectivity index (χ1) is 6.77. The van der Waals surface area contributed by atoms with Gasteiger partial charge in [0.15, 0.2) is 0 Å². The average molecular weight is 187 g/mol. The maximum Gasteiger partial charge on any atom is 0.252 e. The van der Waals surface area contributed by atoms with Gasteiger partial charge in [0.25, 0.3) is 5.91 Å². The minimum Gasteiger partial charge on any atom is -0.338 e. The zero-order chi connectivity index (χ0) is 10.4. The first-order valence-electron chi connectivity index (χ1n) is 4.60. The highest BCUT2D eigenvalue weighted by molar-refractivity contribution is 5.94. The van der Waals surface area contributed by atoms with E-state index in [0.717, 1.165) is 6.42 Å². The zero-order valence-corrected chi connectivity index (χ0v) is 8.16. The highest BCUT2D eigenvalue weighted by Crippen LogP contribution is 1.99. The normalized spacial score (nSPS) is 11.4. The van der Waals surface area contributed by atoms with Crippen molar-refractivity contribution in [2.24, 2.45) is 0 Å². The summed E-state index contributed by atoms with van der Waals surface area (Å²) in [6.45, 7) is 1.94. The molecule has 0 heterocycles. The lowest BCUT2D eigenvalue weighted by atomic mass is 10.2. The Hall–Kier alpha value is -1.75. The van der Waals surface area contributed by atoms with Gasteiger partial charge in [-0.25, -0.2) is 0 Å². The molecule has 0 saturated heterocycles. The Morgan fingerprint density at radius 1 is 1.50 bits per heavy atom. The minimum absolute atomic E-state index is 0.115. The van der Waals surface area contributed by atoms with Crippen LogP contribution in [0.2, 0.25) is 0 Å². The number of rotatable bonds is 3. The molecule has 0 aliphatic heterocycles. The molecule has 1 unspecified atom stereocenters. The van der Waals surface area contributed by atoms with Crippen molar-refractivity contribution in [2.45, 2.75) is 19.4 Å². The quantitative estimate of drug-likeness (QED) is 0.719. The highest BCUT2D eigenvalue weighted by atomic mass is 16.1. The van der Waals surface area contributed by atoms with Crippen LogP contribution in [0.4, 0.5) is 0 Å².